The van der Waals surface area contributed by atoms with Crippen molar-refractivity contribution in [2.24, 2.45) is 5.92 Å². The molecule has 1 atom stereocenters. The largest absolute Gasteiger partial charge is 0.480 e. The maximum absolute atomic E-state index is 11.9. The number of carbonyl (C=O) groups excluding carboxylic acids is 1. The van der Waals surface area contributed by atoms with Crippen LogP contribution in [-0.2, 0) is 9.59 Å². The van der Waals surface area contributed by atoms with E-state index >= 15 is 0 Å². The van der Waals surface area contributed by atoms with Crippen LogP contribution in [0.15, 0.2) is 0 Å². The summed E-state index contributed by atoms with van der Waals surface area (Å²) in [5.74, 6) is -0.693. The number of carbonyl (C=O) groups is 2. The van der Waals surface area contributed by atoms with E-state index in [1.165, 1.54) is 25.7 Å². The average Bonchev–Trinajstić information content (AvgIpc) is 2.62. The van der Waals surface area contributed by atoms with E-state index in [-0.39, 0.29) is 24.4 Å². The highest BCUT2D eigenvalue weighted by Crippen LogP contribution is 2.17. The van der Waals surface area contributed by atoms with Crippen molar-refractivity contribution in [3.05, 3.63) is 0 Å². The fraction of sp³-hybridized carbons (Fsp3) is 0.867. The molecule has 1 unspecified atom stereocenters. The van der Waals surface area contributed by atoms with Crippen LogP contribution >= 0.6 is 0 Å². The second-order valence-corrected chi connectivity index (χ2v) is 6.16. The van der Waals surface area contributed by atoms with Gasteiger partial charge in [0.25, 0.3) is 0 Å². The molecule has 0 aromatic heterocycles. The monoisotopic (exact) mass is 284 g/mol. The molecule has 5 heteroatoms. The normalized spacial score (nSPS) is 18.6. The molecule has 116 valence electrons. The second-order valence-electron chi connectivity index (χ2n) is 6.16. The van der Waals surface area contributed by atoms with Crippen molar-refractivity contribution >= 4 is 11.9 Å². The van der Waals surface area contributed by atoms with E-state index in [0.717, 1.165) is 12.8 Å². The van der Waals surface area contributed by atoms with Crippen molar-refractivity contribution in [1.82, 2.24) is 10.6 Å². The molecule has 0 bridgehead atoms. The minimum Gasteiger partial charge on any atom is -0.480 e. The zero-order valence-electron chi connectivity index (χ0n) is 12.7. The highest BCUT2D eigenvalue weighted by molar-refractivity contribution is 5.80. The topological polar surface area (TPSA) is 78.4 Å². The lowest BCUT2D eigenvalue weighted by atomic mass is 10.0. The minimum atomic E-state index is -0.888. The number of nitrogens with one attached hydrogen (secondary N) is 2. The fourth-order valence-corrected chi connectivity index (χ4v) is 2.66. The van der Waals surface area contributed by atoms with Crippen molar-refractivity contribution in [2.75, 3.05) is 6.54 Å². The highest BCUT2D eigenvalue weighted by atomic mass is 16.4. The first kappa shape index (κ1) is 17.0. The third-order valence-electron chi connectivity index (χ3n) is 3.73. The van der Waals surface area contributed by atoms with Crippen LogP contribution in [0, 0.1) is 5.92 Å². The van der Waals surface area contributed by atoms with Crippen LogP contribution < -0.4 is 10.6 Å². The molecule has 1 amide bonds. The zero-order chi connectivity index (χ0) is 15.0. The predicted molar refractivity (Wildman–Crippen MR) is 78.5 cm³/mol. The van der Waals surface area contributed by atoms with Gasteiger partial charge in [-0.2, -0.15) is 0 Å². The molecule has 0 saturated heterocycles. The summed E-state index contributed by atoms with van der Waals surface area (Å²) < 4.78 is 0. The second kappa shape index (κ2) is 8.95. The molecule has 0 aliphatic heterocycles. The Balaban J connectivity index is 2.31. The Morgan fingerprint density at radius 3 is 2.25 bits per heavy atom. The van der Waals surface area contributed by atoms with Crippen LogP contribution in [0.2, 0.25) is 0 Å². The lowest BCUT2D eigenvalue weighted by molar-refractivity contribution is -0.140. The first-order chi connectivity index (χ1) is 9.49. The molecule has 1 saturated carbocycles. The van der Waals surface area contributed by atoms with Gasteiger partial charge in [-0.25, -0.2) is 0 Å². The van der Waals surface area contributed by atoms with Gasteiger partial charge < -0.3 is 10.4 Å². The number of aliphatic carboxylic acids is 1. The summed E-state index contributed by atoms with van der Waals surface area (Å²) in [5.41, 5.74) is 0. The lowest BCUT2D eigenvalue weighted by Gasteiger charge is -2.19. The van der Waals surface area contributed by atoms with Gasteiger partial charge in [-0.15, -0.1) is 0 Å². The lowest BCUT2D eigenvalue weighted by Crippen LogP contribution is -2.46. The maximum atomic E-state index is 11.9. The Hall–Kier alpha value is -1.10. The van der Waals surface area contributed by atoms with E-state index in [2.05, 4.69) is 10.6 Å². The molecular weight excluding hydrogens is 256 g/mol. The summed E-state index contributed by atoms with van der Waals surface area (Å²) in [4.78, 5) is 23.0. The Labute approximate surface area is 121 Å². The van der Waals surface area contributed by atoms with Crippen LogP contribution in [0.5, 0.6) is 0 Å². The Kier molecular flexibility index (Phi) is 7.59. The number of amides is 1. The molecule has 0 spiro atoms. The molecule has 3 N–H and O–H groups in total. The fourth-order valence-electron chi connectivity index (χ4n) is 2.66. The van der Waals surface area contributed by atoms with Gasteiger partial charge in [0, 0.05) is 6.04 Å². The molecule has 0 radical (unpaired) electrons. The molecule has 0 heterocycles. The highest BCUT2D eigenvalue weighted by Gasteiger charge is 2.20. The van der Waals surface area contributed by atoms with Crippen molar-refractivity contribution in [1.29, 1.82) is 0 Å². The van der Waals surface area contributed by atoms with Gasteiger partial charge in [-0.05, 0) is 25.2 Å². The summed E-state index contributed by atoms with van der Waals surface area (Å²) >= 11 is 0. The molecule has 20 heavy (non-hydrogen) atoms. The van der Waals surface area contributed by atoms with E-state index < -0.39 is 12.0 Å². The van der Waals surface area contributed by atoms with Gasteiger partial charge in [0.1, 0.15) is 6.04 Å². The predicted octanol–water partition coefficient (Wildman–Crippen LogP) is 1.91. The van der Waals surface area contributed by atoms with Gasteiger partial charge in [-0.1, -0.05) is 39.5 Å². The number of hydrogen-bond acceptors (Lipinski definition) is 3. The number of carboxylic acids is 1. The van der Waals surface area contributed by atoms with Gasteiger partial charge in [0.2, 0.25) is 5.91 Å². The molecule has 1 rings (SSSR count). The van der Waals surface area contributed by atoms with Gasteiger partial charge >= 0.3 is 5.97 Å². The summed E-state index contributed by atoms with van der Waals surface area (Å²) in [7, 11) is 0. The smallest absolute Gasteiger partial charge is 0.320 e. The number of hydrogen-bond donors (Lipinski definition) is 3. The number of rotatable bonds is 7. The van der Waals surface area contributed by atoms with E-state index in [4.69, 9.17) is 5.11 Å². The van der Waals surface area contributed by atoms with E-state index in [0.29, 0.717) is 6.42 Å². The molecule has 5 nitrogen and oxygen atoms in total. The zero-order valence-corrected chi connectivity index (χ0v) is 12.7. The van der Waals surface area contributed by atoms with Crippen LogP contribution in [0.3, 0.4) is 0 Å². The van der Waals surface area contributed by atoms with Crippen LogP contribution in [-0.4, -0.2) is 35.6 Å². The first-order valence-electron chi connectivity index (χ1n) is 7.74. The molecule has 1 aliphatic carbocycles. The van der Waals surface area contributed by atoms with Crippen molar-refractivity contribution < 1.29 is 14.7 Å². The summed E-state index contributed by atoms with van der Waals surface area (Å²) in [6.45, 7) is 4.03. The van der Waals surface area contributed by atoms with Crippen LogP contribution in [0.25, 0.3) is 0 Å². The van der Waals surface area contributed by atoms with Crippen LogP contribution in [0.4, 0.5) is 0 Å². The Morgan fingerprint density at radius 2 is 1.75 bits per heavy atom. The van der Waals surface area contributed by atoms with Crippen molar-refractivity contribution in [2.45, 2.75) is 70.9 Å². The van der Waals surface area contributed by atoms with Gasteiger partial charge in [-0.3, -0.25) is 14.9 Å². The van der Waals surface area contributed by atoms with E-state index in [1.54, 1.807) is 0 Å². The molecular formula is C15H28N2O3. The Bertz CT molecular complexity index is 310. The van der Waals surface area contributed by atoms with Crippen molar-refractivity contribution in [3.63, 3.8) is 0 Å². The van der Waals surface area contributed by atoms with Crippen LogP contribution in [0.1, 0.15) is 58.8 Å². The number of carboxylic acid groups (broad SMARTS) is 1. The Morgan fingerprint density at radius 1 is 1.15 bits per heavy atom. The molecule has 1 fully saturated rings. The SMILES string of the molecule is CC(C)CC(NCC(=O)NC1CCCCCC1)C(=O)O. The van der Waals surface area contributed by atoms with E-state index in [1.807, 2.05) is 13.8 Å². The average molecular weight is 284 g/mol. The maximum Gasteiger partial charge on any atom is 0.320 e. The summed E-state index contributed by atoms with van der Waals surface area (Å²) in [6, 6.07) is -0.380. The first-order valence-corrected chi connectivity index (χ1v) is 7.74. The third kappa shape index (κ3) is 6.89. The van der Waals surface area contributed by atoms with Crippen molar-refractivity contribution in [3.8, 4) is 0 Å². The van der Waals surface area contributed by atoms with Gasteiger partial charge in [0.05, 0.1) is 6.54 Å². The summed E-state index contributed by atoms with van der Waals surface area (Å²) in [5, 5.41) is 15.0. The minimum absolute atomic E-state index is 0.0835. The molecule has 1 aliphatic rings. The van der Waals surface area contributed by atoms with Gasteiger partial charge in [0.15, 0.2) is 0 Å². The molecule has 0 aromatic rings. The molecule has 0 aromatic carbocycles. The standard InChI is InChI=1S/C15H28N2O3/c1-11(2)9-13(15(19)20)16-10-14(18)17-12-7-5-3-4-6-8-12/h11-13,16H,3-10H2,1-2H3,(H,17,18)(H,19,20). The quantitative estimate of drug-likeness (QED) is 0.624. The summed E-state index contributed by atoms with van der Waals surface area (Å²) in [6.07, 6.45) is 7.46. The third-order valence-corrected chi connectivity index (χ3v) is 3.73. The van der Waals surface area contributed by atoms with E-state index in [9.17, 15) is 9.59 Å².